The average Bonchev–Trinajstić information content (AvgIpc) is 3.53. The van der Waals surface area contributed by atoms with Gasteiger partial charge in [0.15, 0.2) is 0 Å². The Bertz CT molecular complexity index is 1450. The number of hydrogen-bond acceptors (Lipinski definition) is 6. The van der Waals surface area contributed by atoms with Crippen LogP contribution in [0.3, 0.4) is 0 Å². The monoisotopic (exact) mass is 573 g/mol. The lowest BCUT2D eigenvalue weighted by molar-refractivity contribution is -0.137. The van der Waals surface area contributed by atoms with E-state index in [0.29, 0.717) is 37.8 Å². The van der Waals surface area contributed by atoms with Crippen molar-refractivity contribution < 1.29 is 33.6 Å². The van der Waals surface area contributed by atoms with Crippen LogP contribution in [0.15, 0.2) is 54.6 Å². The number of hydrogen-bond donors (Lipinski definition) is 1. The Morgan fingerprint density at radius 3 is 2.50 bits per heavy atom. The number of aryl methyl sites for hydroxylation is 2. The van der Waals surface area contributed by atoms with E-state index in [9.17, 15) is 9.59 Å². The summed E-state index contributed by atoms with van der Waals surface area (Å²) in [6.07, 6.45) is 0.448. The number of carbonyl (C=O) groups is 2. The number of amides is 1. The third-order valence-electron chi connectivity index (χ3n) is 7.51. The van der Waals surface area contributed by atoms with E-state index in [-0.39, 0.29) is 24.5 Å². The second-order valence-electron chi connectivity index (χ2n) is 12.2. The topological polar surface area (TPSA) is 94.5 Å². The molecule has 0 aliphatic carbocycles. The number of ether oxygens (including phenoxy) is 4. The summed E-state index contributed by atoms with van der Waals surface area (Å²) >= 11 is 0. The minimum absolute atomic E-state index is 0.0548. The van der Waals surface area contributed by atoms with E-state index in [1.54, 1.807) is 4.90 Å². The number of carboxylic acid groups (broad SMARTS) is 1. The van der Waals surface area contributed by atoms with Gasteiger partial charge < -0.3 is 29.0 Å². The Kier molecular flexibility index (Phi) is 8.34. The number of nitrogens with zero attached hydrogens (tertiary/aromatic N) is 1. The smallest absolute Gasteiger partial charge is 0.410 e. The lowest BCUT2D eigenvalue weighted by atomic mass is 9.94. The summed E-state index contributed by atoms with van der Waals surface area (Å²) in [5, 5.41) is 9.13. The first kappa shape index (κ1) is 29.3. The van der Waals surface area contributed by atoms with E-state index in [2.05, 4.69) is 38.1 Å². The molecule has 3 aromatic rings. The molecule has 1 amide bonds. The maximum atomic E-state index is 12.4. The molecule has 1 saturated heterocycles. The highest BCUT2D eigenvalue weighted by Gasteiger charge is 2.31. The van der Waals surface area contributed by atoms with Crippen molar-refractivity contribution in [2.45, 2.75) is 71.7 Å². The van der Waals surface area contributed by atoms with E-state index >= 15 is 0 Å². The zero-order valence-electron chi connectivity index (χ0n) is 24.9. The van der Waals surface area contributed by atoms with Crippen molar-refractivity contribution in [3.8, 4) is 28.4 Å². The Hall–Kier alpha value is -4.20. The molecule has 42 heavy (non-hydrogen) atoms. The highest BCUT2D eigenvalue weighted by molar-refractivity contribution is 5.72. The Balaban J connectivity index is 1.22. The van der Waals surface area contributed by atoms with Crippen LogP contribution in [0.1, 0.15) is 61.8 Å². The summed E-state index contributed by atoms with van der Waals surface area (Å²) in [7, 11) is 0. The summed E-state index contributed by atoms with van der Waals surface area (Å²) < 4.78 is 23.6. The Morgan fingerprint density at radius 1 is 1.02 bits per heavy atom. The normalized spacial score (nSPS) is 17.9. The van der Waals surface area contributed by atoms with Crippen LogP contribution in [-0.4, -0.2) is 53.5 Å². The number of carbonyl (C=O) groups excluding carboxylic acids is 1. The number of benzene rings is 3. The molecular weight excluding hydrogens is 534 g/mol. The summed E-state index contributed by atoms with van der Waals surface area (Å²) in [5.41, 5.74) is 5.90. The SMILES string of the molecule is Cc1cc(OC2CCN(C(=O)OC(C)(C)C)C2)cc(C)c1-c1cccc(COc2ccc3c(c2)OCC3CC(=O)O)c1. The maximum absolute atomic E-state index is 12.4. The predicted molar refractivity (Wildman–Crippen MR) is 159 cm³/mol. The van der Waals surface area contributed by atoms with Gasteiger partial charge in [0.1, 0.15) is 35.6 Å². The Morgan fingerprint density at radius 2 is 1.79 bits per heavy atom. The van der Waals surface area contributed by atoms with Gasteiger partial charge in [-0.1, -0.05) is 24.3 Å². The van der Waals surface area contributed by atoms with Crippen molar-refractivity contribution in [3.63, 3.8) is 0 Å². The molecule has 2 heterocycles. The van der Waals surface area contributed by atoms with Gasteiger partial charge in [0.05, 0.1) is 19.6 Å². The summed E-state index contributed by atoms with van der Waals surface area (Å²) in [5.74, 6) is 1.22. The maximum Gasteiger partial charge on any atom is 0.410 e. The third kappa shape index (κ3) is 6.98. The lowest BCUT2D eigenvalue weighted by Crippen LogP contribution is -2.36. The fourth-order valence-corrected chi connectivity index (χ4v) is 5.67. The lowest BCUT2D eigenvalue weighted by Gasteiger charge is -2.24. The highest BCUT2D eigenvalue weighted by Crippen LogP contribution is 2.38. The van der Waals surface area contributed by atoms with Crippen LogP contribution in [0.25, 0.3) is 11.1 Å². The van der Waals surface area contributed by atoms with Gasteiger partial charge in [-0.15, -0.1) is 0 Å². The standard InChI is InChI=1S/C34H39NO7/c1-21-13-28(41-27-11-12-35(18-27)33(38)42-34(3,4)5)14-22(2)32(21)24-8-6-7-23(15-24)19-39-26-9-10-29-25(16-31(36)37)20-40-30(29)17-26/h6-10,13-15,17,25,27H,11-12,16,18-20H2,1-5H3,(H,36,37). The zero-order chi connectivity index (χ0) is 30.0. The fourth-order valence-electron chi connectivity index (χ4n) is 5.67. The zero-order valence-corrected chi connectivity index (χ0v) is 24.9. The number of aliphatic carboxylic acids is 1. The van der Waals surface area contributed by atoms with Gasteiger partial charge in [-0.25, -0.2) is 4.79 Å². The van der Waals surface area contributed by atoms with Crippen LogP contribution >= 0.6 is 0 Å². The molecule has 2 atom stereocenters. The van der Waals surface area contributed by atoms with E-state index in [1.807, 2.05) is 51.1 Å². The van der Waals surface area contributed by atoms with Gasteiger partial charge in [0.2, 0.25) is 0 Å². The molecule has 0 spiro atoms. The molecule has 0 bridgehead atoms. The highest BCUT2D eigenvalue weighted by atomic mass is 16.6. The van der Waals surface area contributed by atoms with Crippen LogP contribution in [0.4, 0.5) is 4.79 Å². The number of carboxylic acids is 1. The average molecular weight is 574 g/mol. The summed E-state index contributed by atoms with van der Waals surface area (Å²) in [6, 6.07) is 18.0. The van der Waals surface area contributed by atoms with Crippen molar-refractivity contribution in [3.05, 3.63) is 76.9 Å². The van der Waals surface area contributed by atoms with Gasteiger partial charge in [-0.3, -0.25) is 4.79 Å². The molecule has 2 unspecified atom stereocenters. The van der Waals surface area contributed by atoms with Gasteiger partial charge in [0, 0.05) is 30.5 Å². The number of fused-ring (bicyclic) bond motifs is 1. The first-order valence-corrected chi connectivity index (χ1v) is 14.4. The van der Waals surface area contributed by atoms with Gasteiger partial charge in [-0.2, -0.15) is 0 Å². The van der Waals surface area contributed by atoms with E-state index in [0.717, 1.165) is 45.6 Å². The molecule has 222 valence electrons. The molecule has 0 radical (unpaired) electrons. The molecule has 0 aromatic heterocycles. The van der Waals surface area contributed by atoms with Gasteiger partial charge in [0.25, 0.3) is 0 Å². The van der Waals surface area contributed by atoms with Crippen molar-refractivity contribution in [2.75, 3.05) is 19.7 Å². The molecule has 8 nitrogen and oxygen atoms in total. The van der Waals surface area contributed by atoms with E-state index < -0.39 is 11.6 Å². The van der Waals surface area contributed by atoms with Crippen LogP contribution in [0.5, 0.6) is 17.2 Å². The van der Waals surface area contributed by atoms with Gasteiger partial charge in [-0.05, 0) is 86.7 Å². The van der Waals surface area contributed by atoms with Crippen LogP contribution in [0, 0.1) is 13.8 Å². The van der Waals surface area contributed by atoms with Crippen LogP contribution < -0.4 is 14.2 Å². The number of likely N-dealkylation sites (tertiary alicyclic amines) is 1. The summed E-state index contributed by atoms with van der Waals surface area (Å²) in [6.45, 7) is 11.7. The van der Waals surface area contributed by atoms with Crippen molar-refractivity contribution >= 4 is 12.1 Å². The van der Waals surface area contributed by atoms with E-state index in [1.165, 1.54) is 0 Å². The van der Waals surface area contributed by atoms with Crippen molar-refractivity contribution in [1.82, 2.24) is 4.90 Å². The molecule has 5 rings (SSSR count). The van der Waals surface area contributed by atoms with E-state index in [4.69, 9.17) is 24.1 Å². The minimum Gasteiger partial charge on any atom is -0.492 e. The fraction of sp³-hybridized carbons (Fsp3) is 0.412. The number of rotatable bonds is 8. The second-order valence-corrected chi connectivity index (χ2v) is 12.2. The van der Waals surface area contributed by atoms with Crippen LogP contribution in [0.2, 0.25) is 0 Å². The second kappa shape index (κ2) is 12.0. The first-order chi connectivity index (χ1) is 19.9. The van der Waals surface area contributed by atoms with Crippen molar-refractivity contribution in [2.24, 2.45) is 0 Å². The summed E-state index contributed by atoms with van der Waals surface area (Å²) in [4.78, 5) is 25.3. The van der Waals surface area contributed by atoms with Crippen LogP contribution in [-0.2, 0) is 16.1 Å². The molecule has 3 aromatic carbocycles. The minimum atomic E-state index is -0.829. The molecule has 0 saturated carbocycles. The largest absolute Gasteiger partial charge is 0.492 e. The third-order valence-corrected chi connectivity index (χ3v) is 7.51. The Labute approximate surface area is 247 Å². The molecule has 2 aliphatic heterocycles. The predicted octanol–water partition coefficient (Wildman–Crippen LogP) is 6.89. The molecule has 1 fully saturated rings. The molecule has 8 heteroatoms. The quantitative estimate of drug-likeness (QED) is 0.314. The van der Waals surface area contributed by atoms with Crippen molar-refractivity contribution in [1.29, 1.82) is 0 Å². The molecular formula is C34H39NO7. The molecule has 2 aliphatic rings. The van der Waals surface area contributed by atoms with Gasteiger partial charge >= 0.3 is 12.1 Å². The first-order valence-electron chi connectivity index (χ1n) is 14.4. The molecule has 1 N–H and O–H groups in total.